The molecule has 1 heterocycles. The van der Waals surface area contributed by atoms with Crippen molar-refractivity contribution in [2.24, 2.45) is 5.73 Å². The number of carbonyl (C=O) groups is 3. The molecule has 0 unspecified atom stereocenters. The van der Waals surface area contributed by atoms with Crippen LogP contribution in [0.2, 0.25) is 0 Å². The summed E-state index contributed by atoms with van der Waals surface area (Å²) in [6, 6.07) is 14.6. The van der Waals surface area contributed by atoms with E-state index < -0.39 is 53.8 Å². The molecule has 0 saturated carbocycles. The number of ether oxygens (including phenoxy) is 3. The van der Waals surface area contributed by atoms with E-state index in [4.69, 9.17) is 19.9 Å². The molecule has 0 bridgehead atoms. The van der Waals surface area contributed by atoms with Crippen LogP contribution in [0.25, 0.3) is 0 Å². The highest BCUT2D eigenvalue weighted by atomic mass is 16.7. The summed E-state index contributed by atoms with van der Waals surface area (Å²) in [4.78, 5) is 39.6. The number of benzene rings is 3. The summed E-state index contributed by atoms with van der Waals surface area (Å²) in [6.07, 6.45) is -2.52. The average Bonchev–Trinajstić information content (AvgIpc) is 2.96. The van der Waals surface area contributed by atoms with Gasteiger partial charge in [-0.1, -0.05) is 42.5 Å². The van der Waals surface area contributed by atoms with Gasteiger partial charge in [0, 0.05) is 53.2 Å². The lowest BCUT2D eigenvalue weighted by atomic mass is 9.73. The number of aliphatic hydroxyl groups is 1. The fourth-order valence-corrected chi connectivity index (χ4v) is 6.27. The maximum atomic E-state index is 13.5. The molecule has 1 fully saturated rings. The van der Waals surface area contributed by atoms with Crippen molar-refractivity contribution in [1.29, 1.82) is 0 Å². The lowest BCUT2D eigenvalue weighted by molar-refractivity contribution is -0.227. The summed E-state index contributed by atoms with van der Waals surface area (Å²) in [5.41, 5.74) is 4.49. The van der Waals surface area contributed by atoms with Crippen molar-refractivity contribution in [3.8, 4) is 11.5 Å². The Morgan fingerprint density at radius 3 is 2.28 bits per heavy atom. The van der Waals surface area contributed by atoms with Gasteiger partial charge in [0.05, 0.1) is 23.3 Å². The first-order valence-corrected chi connectivity index (χ1v) is 14.1. The number of nitrogens with one attached hydrogen (secondary N) is 1. The first-order valence-electron chi connectivity index (χ1n) is 14.1. The Balaban J connectivity index is 1.38. The van der Waals surface area contributed by atoms with Crippen molar-refractivity contribution in [3.63, 3.8) is 0 Å². The maximum absolute atomic E-state index is 13.5. The largest absolute Gasteiger partial charge is 0.507 e. The third kappa shape index (κ3) is 5.36. The molecule has 43 heavy (non-hydrogen) atoms. The van der Waals surface area contributed by atoms with Crippen molar-refractivity contribution in [1.82, 2.24) is 0 Å². The van der Waals surface area contributed by atoms with Crippen LogP contribution in [0.5, 0.6) is 11.5 Å². The number of aromatic hydroxyl groups is 2. The first kappa shape index (κ1) is 28.8. The molecule has 1 saturated heterocycles. The second kappa shape index (κ2) is 11.1. The third-order valence-corrected chi connectivity index (χ3v) is 8.18. The third-order valence-electron chi connectivity index (χ3n) is 8.18. The monoisotopic (exact) mass is 588 g/mol. The van der Waals surface area contributed by atoms with E-state index >= 15 is 0 Å². The van der Waals surface area contributed by atoms with Gasteiger partial charge in [0.1, 0.15) is 23.7 Å². The van der Waals surface area contributed by atoms with Crippen molar-refractivity contribution in [2.75, 3.05) is 11.9 Å². The second-order valence-corrected chi connectivity index (χ2v) is 11.4. The number of carbonyl (C=O) groups excluding carboxylic acids is 3. The zero-order chi connectivity index (χ0) is 30.5. The summed E-state index contributed by atoms with van der Waals surface area (Å²) in [5.74, 6) is -2.32. The fraction of sp³-hybridized carbons (Fsp3) is 0.344. The van der Waals surface area contributed by atoms with E-state index in [-0.39, 0.29) is 58.4 Å². The molecular formula is C32H32N2O9. The Bertz CT molecular complexity index is 1600. The van der Waals surface area contributed by atoms with Crippen LogP contribution in [-0.2, 0) is 20.6 Å². The molecule has 224 valence electrons. The number of phenols is 2. The van der Waals surface area contributed by atoms with Crippen molar-refractivity contribution in [2.45, 2.75) is 62.7 Å². The summed E-state index contributed by atoms with van der Waals surface area (Å²) >= 11 is 0. The summed E-state index contributed by atoms with van der Waals surface area (Å²) < 4.78 is 17.6. The quantitative estimate of drug-likeness (QED) is 0.216. The fourth-order valence-electron chi connectivity index (χ4n) is 6.27. The van der Waals surface area contributed by atoms with Gasteiger partial charge < -0.3 is 35.3 Å². The Hall–Kier alpha value is -4.29. The van der Waals surface area contributed by atoms with Gasteiger partial charge in [0.15, 0.2) is 17.9 Å². The van der Waals surface area contributed by atoms with Crippen LogP contribution in [0.4, 0.5) is 10.5 Å². The van der Waals surface area contributed by atoms with E-state index in [1.54, 1.807) is 42.5 Å². The van der Waals surface area contributed by atoms with E-state index in [0.29, 0.717) is 18.5 Å². The predicted molar refractivity (Wildman–Crippen MR) is 153 cm³/mol. The molecule has 2 aliphatic carbocycles. The van der Waals surface area contributed by atoms with Gasteiger partial charge in [0.2, 0.25) is 0 Å². The number of anilines is 1. The molecule has 3 aromatic rings. The van der Waals surface area contributed by atoms with Crippen LogP contribution in [0, 0.1) is 0 Å². The highest BCUT2D eigenvalue weighted by Crippen LogP contribution is 2.51. The molecule has 11 heteroatoms. The molecule has 0 radical (unpaired) electrons. The topological polar surface area (TPSA) is 178 Å². The lowest BCUT2D eigenvalue weighted by Gasteiger charge is -2.41. The number of nitrogens with two attached hydrogens (primary N) is 1. The Labute approximate surface area is 247 Å². The molecule has 6 rings (SSSR count). The highest BCUT2D eigenvalue weighted by molar-refractivity contribution is 6.30. The molecule has 3 aliphatic rings. The number of fused-ring (bicyclic) bond motifs is 3. The van der Waals surface area contributed by atoms with Gasteiger partial charge in [-0.05, 0) is 25.5 Å². The van der Waals surface area contributed by atoms with Gasteiger partial charge in [-0.3, -0.25) is 14.9 Å². The highest BCUT2D eigenvalue weighted by Gasteiger charge is 2.47. The van der Waals surface area contributed by atoms with Crippen LogP contribution >= 0.6 is 0 Å². The van der Waals surface area contributed by atoms with Crippen molar-refractivity contribution in [3.05, 3.63) is 88.0 Å². The summed E-state index contributed by atoms with van der Waals surface area (Å²) in [7, 11) is 0. The molecule has 1 aliphatic heterocycles. The standard InChI is InChI=1S/C32H32N2O9/c1-16-11-17(33)12-23(42-16)43-22-14-32(40,15-41-31(39)34-18-7-3-2-4-8-18)13-21-24(22)30(38)26-25(29(21)37)27(35)19-9-5-6-10-20(19)28(26)36/h2-10,16-17,22-23,37-38,40H,11-15,33H2,1H3,(H,34,39)/t16-,17-,22-,23-,32-/m0/s1. The van der Waals surface area contributed by atoms with Crippen LogP contribution in [0.1, 0.15) is 75.3 Å². The van der Waals surface area contributed by atoms with Gasteiger partial charge in [-0.15, -0.1) is 0 Å². The first-order chi connectivity index (χ1) is 20.5. The number of ketones is 2. The molecule has 0 aromatic heterocycles. The molecule has 1 amide bonds. The Kier molecular flexibility index (Phi) is 7.43. The Morgan fingerprint density at radius 1 is 1.00 bits per heavy atom. The zero-order valence-electron chi connectivity index (χ0n) is 23.4. The number of para-hydroxylation sites is 1. The molecule has 3 aromatic carbocycles. The van der Waals surface area contributed by atoms with Crippen molar-refractivity contribution >= 4 is 23.3 Å². The van der Waals surface area contributed by atoms with E-state index in [1.165, 1.54) is 12.1 Å². The maximum Gasteiger partial charge on any atom is 0.411 e. The molecule has 6 N–H and O–H groups in total. The van der Waals surface area contributed by atoms with Gasteiger partial charge in [0.25, 0.3) is 0 Å². The van der Waals surface area contributed by atoms with Crippen molar-refractivity contribution < 1.29 is 43.9 Å². The molecule has 11 nitrogen and oxygen atoms in total. The van der Waals surface area contributed by atoms with E-state index in [1.807, 2.05) is 6.92 Å². The van der Waals surface area contributed by atoms with E-state index in [9.17, 15) is 29.7 Å². The second-order valence-electron chi connectivity index (χ2n) is 11.4. The minimum absolute atomic E-state index is 0.00996. The predicted octanol–water partition coefficient (Wildman–Crippen LogP) is 3.71. The molecule has 0 spiro atoms. The van der Waals surface area contributed by atoms with Gasteiger partial charge in [-0.25, -0.2) is 4.79 Å². The zero-order valence-corrected chi connectivity index (χ0v) is 23.4. The minimum atomic E-state index is -1.79. The van der Waals surface area contributed by atoms with Crippen LogP contribution in [0.3, 0.4) is 0 Å². The lowest BCUT2D eigenvalue weighted by Crippen LogP contribution is -2.46. The average molecular weight is 589 g/mol. The smallest absolute Gasteiger partial charge is 0.411 e. The van der Waals surface area contributed by atoms with E-state index in [0.717, 1.165) is 0 Å². The Morgan fingerprint density at radius 2 is 1.63 bits per heavy atom. The number of amides is 1. The molecular weight excluding hydrogens is 556 g/mol. The summed E-state index contributed by atoms with van der Waals surface area (Å²) in [5, 5.41) is 37.4. The van der Waals surface area contributed by atoms with E-state index in [2.05, 4.69) is 5.32 Å². The van der Waals surface area contributed by atoms with Crippen LogP contribution in [0.15, 0.2) is 54.6 Å². The normalized spacial score (nSPS) is 26.2. The number of rotatable bonds is 5. The SMILES string of the molecule is C[C@H]1C[C@H](N)C[C@H](O[C@H]2C[C@](O)(COC(=O)Nc3ccccc3)Cc3c(O)c4c(c(O)c32)C(=O)c2ccccc2C4=O)O1. The number of hydrogen-bond acceptors (Lipinski definition) is 10. The minimum Gasteiger partial charge on any atom is -0.507 e. The number of phenolic OH excluding ortho intramolecular Hbond substituents is 2. The number of hydrogen-bond donors (Lipinski definition) is 5. The molecule has 5 atom stereocenters. The van der Waals surface area contributed by atoms with Crippen LogP contribution < -0.4 is 11.1 Å². The van der Waals surface area contributed by atoms with Crippen LogP contribution in [-0.4, -0.2) is 63.6 Å². The summed E-state index contributed by atoms with van der Waals surface area (Å²) in [6.45, 7) is 1.35. The van der Waals surface area contributed by atoms with Gasteiger partial charge in [-0.2, -0.15) is 0 Å². The van der Waals surface area contributed by atoms with Gasteiger partial charge >= 0.3 is 6.09 Å².